The average molecular weight is 492 g/mol. The van der Waals surface area contributed by atoms with Gasteiger partial charge in [-0.1, -0.05) is 0 Å². The van der Waals surface area contributed by atoms with Gasteiger partial charge in [0.25, 0.3) is 5.56 Å². The van der Waals surface area contributed by atoms with Crippen LogP contribution in [-0.4, -0.2) is 47.4 Å². The molecule has 0 unspecified atom stereocenters. The Morgan fingerprint density at radius 2 is 1.88 bits per heavy atom. The molecule has 178 valence electrons. The van der Waals surface area contributed by atoms with E-state index in [1.165, 1.54) is 7.11 Å². The van der Waals surface area contributed by atoms with E-state index in [1.54, 1.807) is 0 Å². The Labute approximate surface area is 186 Å². The molecule has 0 saturated carbocycles. The molecule has 3 N–H and O–H groups in total. The van der Waals surface area contributed by atoms with Gasteiger partial charge in [-0.3, -0.25) is 9.78 Å². The van der Waals surface area contributed by atoms with Gasteiger partial charge in [-0.05, 0) is 18.2 Å². The maximum atomic E-state index is 14.6. The normalized spacial score (nSPS) is 12.9. The lowest BCUT2D eigenvalue weighted by Crippen LogP contribution is -2.24. The van der Waals surface area contributed by atoms with Crippen LogP contribution in [0.1, 0.15) is 5.56 Å². The van der Waals surface area contributed by atoms with Crippen molar-refractivity contribution in [1.82, 2.24) is 9.97 Å². The van der Waals surface area contributed by atoms with Crippen LogP contribution in [0.3, 0.4) is 0 Å². The Kier molecular flexibility index (Phi) is 7.57. The summed E-state index contributed by atoms with van der Waals surface area (Å²) in [6.45, 7) is -0.740. The predicted octanol–water partition coefficient (Wildman–Crippen LogP) is 3.25. The average Bonchev–Trinajstić information content (AvgIpc) is 2.73. The number of aliphatic hydroxyl groups excluding tert-OH is 1. The van der Waals surface area contributed by atoms with E-state index in [-0.39, 0.29) is 23.0 Å². The summed E-state index contributed by atoms with van der Waals surface area (Å²) in [5.74, 6) is -2.43. The third-order valence-electron chi connectivity index (χ3n) is 4.54. The van der Waals surface area contributed by atoms with Crippen LogP contribution in [0.25, 0.3) is 22.0 Å². The molecule has 13 heteroatoms. The van der Waals surface area contributed by atoms with Crippen molar-refractivity contribution >= 4 is 22.7 Å². The molecule has 33 heavy (non-hydrogen) atoms. The number of thioether (sulfide) groups is 1. The Morgan fingerprint density at radius 3 is 2.48 bits per heavy atom. The molecule has 0 amide bonds. The second-order valence-corrected chi connectivity index (χ2v) is 7.80. The zero-order chi connectivity index (χ0) is 24.3. The molecular weight excluding hydrogens is 475 g/mol. The van der Waals surface area contributed by atoms with E-state index in [4.69, 9.17) is 9.47 Å². The van der Waals surface area contributed by atoms with Crippen LogP contribution in [-0.2, 0) is 15.7 Å². The zero-order valence-electron chi connectivity index (χ0n) is 16.9. The Morgan fingerprint density at radius 1 is 1.15 bits per heavy atom. The second-order valence-electron chi connectivity index (χ2n) is 6.77. The van der Waals surface area contributed by atoms with Crippen molar-refractivity contribution < 1.29 is 36.5 Å². The van der Waals surface area contributed by atoms with Gasteiger partial charge >= 0.3 is 11.9 Å². The number of fused-ring (bicyclic) bond motifs is 1. The van der Waals surface area contributed by atoms with Gasteiger partial charge in [-0.2, -0.15) is 13.2 Å². The first-order valence-electron chi connectivity index (χ1n) is 9.27. The molecule has 7 nitrogen and oxygen atoms in total. The number of H-pyrrole nitrogens is 2. The summed E-state index contributed by atoms with van der Waals surface area (Å²) >= 11 is 0.691. The summed E-state index contributed by atoms with van der Waals surface area (Å²) in [5, 5.41) is 9.00. The Hall–Kier alpha value is -2.74. The summed E-state index contributed by atoms with van der Waals surface area (Å²) in [5.41, 5.74) is -4.99. The minimum atomic E-state index is -5.04. The van der Waals surface area contributed by atoms with Crippen LogP contribution in [0.2, 0.25) is 0 Å². The van der Waals surface area contributed by atoms with Crippen molar-refractivity contribution in [2.75, 3.05) is 26.3 Å². The highest BCUT2D eigenvalue weighted by Gasteiger charge is 2.37. The van der Waals surface area contributed by atoms with Gasteiger partial charge in [-0.25, -0.2) is 13.6 Å². The first-order chi connectivity index (χ1) is 15.6. The second kappa shape index (κ2) is 10.0. The molecule has 3 aromatic rings. The van der Waals surface area contributed by atoms with Crippen LogP contribution in [0.15, 0.2) is 38.8 Å². The molecule has 3 rings (SSSR count). The van der Waals surface area contributed by atoms with E-state index in [2.05, 4.69) is 4.98 Å². The standard InChI is InChI=1S/C20H17F5N2O5S/c1-31-8-32-10(6-28)7-33-17-15(11-3-2-9(21)4-14(11)22)13(20(23,24)25)5-12-16(17)26-19(30)27-18(12)29/h2-5,10,28H,6-8H2,1H3,(H2,26,27,29,30)/t10-/m1/s1. The lowest BCUT2D eigenvalue weighted by atomic mass is 9.96. The molecule has 1 atom stereocenters. The maximum absolute atomic E-state index is 14.6. The molecule has 0 aliphatic carbocycles. The molecule has 0 spiro atoms. The van der Waals surface area contributed by atoms with E-state index in [1.807, 2.05) is 4.98 Å². The molecule has 0 saturated heterocycles. The zero-order valence-corrected chi connectivity index (χ0v) is 17.7. The number of benzene rings is 2. The molecule has 1 aromatic heterocycles. The molecule has 0 aliphatic heterocycles. The van der Waals surface area contributed by atoms with E-state index in [0.717, 1.165) is 12.1 Å². The first kappa shape index (κ1) is 24.9. The highest BCUT2D eigenvalue weighted by molar-refractivity contribution is 7.99. The van der Waals surface area contributed by atoms with Gasteiger partial charge in [0.1, 0.15) is 18.4 Å². The highest BCUT2D eigenvalue weighted by Crippen LogP contribution is 2.45. The molecule has 0 radical (unpaired) electrons. The summed E-state index contributed by atoms with van der Waals surface area (Å²) in [6, 6.07) is 2.54. The molecule has 2 aromatic carbocycles. The quantitative estimate of drug-likeness (QED) is 0.253. The SMILES string of the molecule is COCO[C@H](CO)CSc1c(-c2ccc(F)cc2F)c(C(F)(F)F)cc2c(=O)[nH]c(=O)[nH]c12. The number of alkyl halides is 3. The molecular formula is C20H17F5N2O5S. The number of nitrogens with one attached hydrogen (secondary N) is 2. The Bertz CT molecular complexity index is 1270. The van der Waals surface area contributed by atoms with Gasteiger partial charge in [0.05, 0.1) is 29.2 Å². The monoisotopic (exact) mass is 492 g/mol. The Balaban J connectivity index is 2.36. The van der Waals surface area contributed by atoms with Gasteiger partial charge in [0.15, 0.2) is 0 Å². The molecule has 0 fully saturated rings. The van der Waals surface area contributed by atoms with Crippen LogP contribution >= 0.6 is 11.8 Å². The van der Waals surface area contributed by atoms with Gasteiger partial charge in [0.2, 0.25) is 0 Å². The van der Waals surface area contributed by atoms with Gasteiger partial charge in [-0.15, -0.1) is 11.8 Å². The molecule has 0 bridgehead atoms. The van der Waals surface area contributed by atoms with Crippen LogP contribution in [0.5, 0.6) is 0 Å². The van der Waals surface area contributed by atoms with Crippen LogP contribution in [0.4, 0.5) is 22.0 Å². The fourth-order valence-corrected chi connectivity index (χ4v) is 4.32. The van der Waals surface area contributed by atoms with Crippen molar-refractivity contribution in [2.45, 2.75) is 17.2 Å². The van der Waals surface area contributed by atoms with Crippen LogP contribution in [0, 0.1) is 11.6 Å². The lowest BCUT2D eigenvalue weighted by molar-refractivity contribution is -0.137. The van der Waals surface area contributed by atoms with E-state index in [9.17, 15) is 36.6 Å². The van der Waals surface area contributed by atoms with Gasteiger partial charge in [0, 0.05) is 35.0 Å². The minimum absolute atomic E-state index is 0.152. The van der Waals surface area contributed by atoms with Crippen molar-refractivity contribution in [3.63, 3.8) is 0 Å². The minimum Gasteiger partial charge on any atom is -0.394 e. The van der Waals surface area contributed by atoms with Crippen molar-refractivity contribution in [3.05, 3.63) is 62.3 Å². The number of hydrogen-bond acceptors (Lipinski definition) is 6. The van der Waals surface area contributed by atoms with Gasteiger partial charge < -0.3 is 19.6 Å². The van der Waals surface area contributed by atoms with Crippen molar-refractivity contribution in [2.24, 2.45) is 0 Å². The van der Waals surface area contributed by atoms with Crippen molar-refractivity contribution in [3.8, 4) is 11.1 Å². The smallest absolute Gasteiger partial charge is 0.394 e. The number of aromatic amines is 2. The van der Waals surface area contributed by atoms with E-state index >= 15 is 0 Å². The van der Waals surface area contributed by atoms with Crippen molar-refractivity contribution in [1.29, 1.82) is 0 Å². The number of aliphatic hydroxyl groups is 1. The predicted molar refractivity (Wildman–Crippen MR) is 110 cm³/mol. The maximum Gasteiger partial charge on any atom is 0.417 e. The van der Waals surface area contributed by atoms with Crippen LogP contribution < -0.4 is 11.2 Å². The first-order valence-corrected chi connectivity index (χ1v) is 10.3. The number of hydrogen-bond donors (Lipinski definition) is 3. The number of rotatable bonds is 8. The fraction of sp³-hybridized carbons (Fsp3) is 0.300. The topological polar surface area (TPSA) is 104 Å². The number of methoxy groups -OCH3 is 1. The highest BCUT2D eigenvalue weighted by atomic mass is 32.2. The molecule has 1 heterocycles. The summed E-state index contributed by atoms with van der Waals surface area (Å²) in [7, 11) is 1.33. The summed E-state index contributed by atoms with van der Waals surface area (Å²) in [4.78, 5) is 28.0. The molecule has 0 aliphatic rings. The van der Waals surface area contributed by atoms with E-state index in [0.29, 0.717) is 23.9 Å². The number of ether oxygens (including phenoxy) is 2. The lowest BCUT2D eigenvalue weighted by Gasteiger charge is -2.21. The third kappa shape index (κ3) is 5.43. The largest absolute Gasteiger partial charge is 0.417 e. The number of halogens is 5. The third-order valence-corrected chi connectivity index (χ3v) is 5.77. The number of aromatic nitrogens is 2. The van der Waals surface area contributed by atoms with E-state index < -0.39 is 63.8 Å². The summed E-state index contributed by atoms with van der Waals surface area (Å²) < 4.78 is 80.1. The fourth-order valence-electron chi connectivity index (χ4n) is 3.10. The summed E-state index contributed by atoms with van der Waals surface area (Å²) in [6.07, 6.45) is -5.94.